The Morgan fingerprint density at radius 1 is 1.57 bits per heavy atom. The number of nitrogens with zero attached hydrogens (tertiary/aromatic N) is 2. The van der Waals surface area contributed by atoms with E-state index in [-0.39, 0.29) is 5.28 Å². The highest BCUT2D eigenvalue weighted by Crippen LogP contribution is 2.20. The van der Waals surface area contributed by atoms with Crippen LogP contribution in [0.1, 0.15) is 12.1 Å². The van der Waals surface area contributed by atoms with Gasteiger partial charge in [0.05, 0.1) is 11.4 Å². The molecule has 0 unspecified atom stereocenters. The van der Waals surface area contributed by atoms with Gasteiger partial charge in [-0.2, -0.15) is 4.98 Å². The number of hydrogen-bond donors (Lipinski definition) is 2. The third-order valence-electron chi connectivity index (χ3n) is 1.75. The average Bonchev–Trinajstić information content (AvgIpc) is 2.13. The van der Waals surface area contributed by atoms with E-state index in [0.29, 0.717) is 17.2 Å². The molecule has 1 aromatic heterocycles. The van der Waals surface area contributed by atoms with Crippen molar-refractivity contribution in [3.63, 3.8) is 0 Å². The van der Waals surface area contributed by atoms with Crippen molar-refractivity contribution in [1.82, 2.24) is 9.97 Å². The van der Waals surface area contributed by atoms with Gasteiger partial charge in [0.2, 0.25) is 5.28 Å². The fourth-order valence-corrected chi connectivity index (χ4v) is 1.19. The molecule has 0 spiro atoms. The summed E-state index contributed by atoms with van der Waals surface area (Å²) in [7, 11) is 0. The lowest BCUT2D eigenvalue weighted by molar-refractivity contribution is 1.03. The molecule has 0 fully saturated rings. The fourth-order valence-electron chi connectivity index (χ4n) is 0.975. The number of nitrogen functional groups attached to an aromatic ring is 1. The predicted molar refractivity (Wildman–Crippen MR) is 59.5 cm³/mol. The molecular formula is C9H13ClN4. The second-order valence-electron chi connectivity index (χ2n) is 2.84. The van der Waals surface area contributed by atoms with Crippen LogP contribution < -0.4 is 11.1 Å². The third kappa shape index (κ3) is 2.60. The number of aromatic nitrogens is 2. The Kier molecular flexibility index (Phi) is 3.71. The van der Waals surface area contributed by atoms with E-state index in [2.05, 4.69) is 21.9 Å². The van der Waals surface area contributed by atoms with Gasteiger partial charge >= 0.3 is 0 Å². The lowest BCUT2D eigenvalue weighted by Crippen LogP contribution is -2.08. The lowest BCUT2D eigenvalue weighted by atomic mass is 10.3. The molecule has 14 heavy (non-hydrogen) atoms. The van der Waals surface area contributed by atoms with E-state index in [1.807, 2.05) is 6.08 Å². The number of anilines is 2. The largest absolute Gasteiger partial charge is 0.394 e. The summed E-state index contributed by atoms with van der Waals surface area (Å²) in [5, 5.41) is 3.27. The van der Waals surface area contributed by atoms with Gasteiger partial charge in [0, 0.05) is 6.54 Å². The first-order chi connectivity index (χ1) is 6.65. The summed E-state index contributed by atoms with van der Waals surface area (Å²) in [6.45, 7) is 6.15. The highest BCUT2D eigenvalue weighted by atomic mass is 35.5. The molecular weight excluding hydrogens is 200 g/mol. The molecule has 0 saturated carbocycles. The summed E-state index contributed by atoms with van der Waals surface area (Å²) in [6.07, 6.45) is 2.67. The molecule has 0 atom stereocenters. The summed E-state index contributed by atoms with van der Waals surface area (Å²) < 4.78 is 0. The summed E-state index contributed by atoms with van der Waals surface area (Å²) in [4.78, 5) is 7.92. The van der Waals surface area contributed by atoms with E-state index in [1.54, 1.807) is 6.92 Å². The van der Waals surface area contributed by atoms with Crippen LogP contribution in [0, 0.1) is 6.92 Å². The first-order valence-corrected chi connectivity index (χ1v) is 4.67. The Bertz CT molecular complexity index is 338. The maximum absolute atomic E-state index is 5.76. The van der Waals surface area contributed by atoms with Crippen LogP contribution >= 0.6 is 11.6 Å². The third-order valence-corrected chi connectivity index (χ3v) is 1.92. The monoisotopic (exact) mass is 212 g/mol. The zero-order valence-corrected chi connectivity index (χ0v) is 8.80. The van der Waals surface area contributed by atoms with Crippen molar-refractivity contribution in [2.75, 3.05) is 17.6 Å². The molecule has 76 valence electrons. The van der Waals surface area contributed by atoms with Crippen LogP contribution in [-0.2, 0) is 0 Å². The molecule has 0 bridgehead atoms. The molecule has 0 amide bonds. The van der Waals surface area contributed by atoms with Gasteiger partial charge in [-0.1, -0.05) is 6.08 Å². The van der Waals surface area contributed by atoms with E-state index in [9.17, 15) is 0 Å². The molecule has 0 saturated heterocycles. The molecule has 1 rings (SSSR count). The molecule has 0 aliphatic rings. The molecule has 0 aromatic carbocycles. The molecule has 0 radical (unpaired) electrons. The topological polar surface area (TPSA) is 63.8 Å². The highest BCUT2D eigenvalue weighted by molar-refractivity contribution is 6.28. The van der Waals surface area contributed by atoms with Gasteiger partial charge in [-0.3, -0.25) is 0 Å². The van der Waals surface area contributed by atoms with Gasteiger partial charge in [0.15, 0.2) is 5.82 Å². The van der Waals surface area contributed by atoms with Gasteiger partial charge in [-0.15, -0.1) is 6.58 Å². The minimum Gasteiger partial charge on any atom is -0.394 e. The van der Waals surface area contributed by atoms with Crippen molar-refractivity contribution in [2.24, 2.45) is 0 Å². The Labute approximate surface area is 88.2 Å². The first kappa shape index (κ1) is 10.8. The van der Waals surface area contributed by atoms with Crippen LogP contribution in [-0.4, -0.2) is 16.5 Å². The van der Waals surface area contributed by atoms with E-state index in [4.69, 9.17) is 17.3 Å². The molecule has 3 N–H and O–H groups in total. The molecule has 1 heterocycles. The summed E-state index contributed by atoms with van der Waals surface area (Å²) in [6, 6.07) is 0. The number of rotatable bonds is 4. The van der Waals surface area contributed by atoms with Crippen molar-refractivity contribution >= 4 is 23.1 Å². The Morgan fingerprint density at radius 2 is 2.29 bits per heavy atom. The minimum atomic E-state index is 0.206. The Balaban J connectivity index is 2.79. The number of hydrogen-bond acceptors (Lipinski definition) is 4. The fraction of sp³-hybridized carbons (Fsp3) is 0.333. The van der Waals surface area contributed by atoms with Crippen LogP contribution in [0.15, 0.2) is 12.7 Å². The highest BCUT2D eigenvalue weighted by Gasteiger charge is 2.06. The van der Waals surface area contributed by atoms with Gasteiger partial charge in [-0.05, 0) is 24.9 Å². The maximum Gasteiger partial charge on any atom is 0.224 e. The normalized spacial score (nSPS) is 9.86. The van der Waals surface area contributed by atoms with Gasteiger partial charge < -0.3 is 11.1 Å². The Hall–Kier alpha value is -1.29. The van der Waals surface area contributed by atoms with Crippen molar-refractivity contribution in [3.05, 3.63) is 23.6 Å². The lowest BCUT2D eigenvalue weighted by Gasteiger charge is -2.08. The molecule has 4 nitrogen and oxygen atoms in total. The number of halogens is 1. The SMILES string of the molecule is C=CCCNc1nc(Cl)nc(C)c1N. The summed E-state index contributed by atoms with van der Waals surface area (Å²) in [5.41, 5.74) is 6.99. The van der Waals surface area contributed by atoms with Gasteiger partial charge in [-0.25, -0.2) is 4.98 Å². The van der Waals surface area contributed by atoms with Crippen molar-refractivity contribution < 1.29 is 0 Å². The molecule has 0 aliphatic carbocycles. The van der Waals surface area contributed by atoms with E-state index in [0.717, 1.165) is 13.0 Å². The predicted octanol–water partition coefficient (Wildman–Crippen LogP) is 2.01. The average molecular weight is 213 g/mol. The van der Waals surface area contributed by atoms with Crippen LogP contribution in [0.4, 0.5) is 11.5 Å². The van der Waals surface area contributed by atoms with E-state index >= 15 is 0 Å². The molecule has 1 aromatic rings. The van der Waals surface area contributed by atoms with Crippen molar-refractivity contribution in [3.8, 4) is 0 Å². The second kappa shape index (κ2) is 4.81. The number of nitrogens with two attached hydrogens (primary N) is 1. The summed E-state index contributed by atoms with van der Waals surface area (Å²) in [5.74, 6) is 0.587. The maximum atomic E-state index is 5.76. The number of nitrogens with one attached hydrogen (secondary N) is 1. The van der Waals surface area contributed by atoms with Crippen LogP contribution in [0.5, 0.6) is 0 Å². The zero-order valence-electron chi connectivity index (χ0n) is 8.05. The van der Waals surface area contributed by atoms with E-state index in [1.165, 1.54) is 0 Å². The molecule has 0 aliphatic heterocycles. The molecule has 5 heteroatoms. The van der Waals surface area contributed by atoms with Crippen LogP contribution in [0.2, 0.25) is 5.28 Å². The first-order valence-electron chi connectivity index (χ1n) is 4.29. The standard InChI is InChI=1S/C9H13ClN4/c1-3-4-5-12-8-7(11)6(2)13-9(10)14-8/h3H,1,4-5,11H2,2H3,(H,12,13,14). The quantitative estimate of drug-likeness (QED) is 0.455. The second-order valence-corrected chi connectivity index (χ2v) is 3.18. The van der Waals surface area contributed by atoms with Crippen molar-refractivity contribution in [1.29, 1.82) is 0 Å². The smallest absolute Gasteiger partial charge is 0.224 e. The zero-order chi connectivity index (χ0) is 10.6. The van der Waals surface area contributed by atoms with Gasteiger partial charge in [0.25, 0.3) is 0 Å². The van der Waals surface area contributed by atoms with E-state index < -0.39 is 0 Å². The van der Waals surface area contributed by atoms with Crippen molar-refractivity contribution in [2.45, 2.75) is 13.3 Å². The summed E-state index contributed by atoms with van der Waals surface area (Å²) >= 11 is 5.70. The van der Waals surface area contributed by atoms with Gasteiger partial charge in [0.1, 0.15) is 0 Å². The number of aryl methyl sites for hydroxylation is 1. The Morgan fingerprint density at radius 3 is 2.93 bits per heavy atom. The van der Waals surface area contributed by atoms with Crippen LogP contribution in [0.25, 0.3) is 0 Å². The van der Waals surface area contributed by atoms with Crippen LogP contribution in [0.3, 0.4) is 0 Å². The minimum absolute atomic E-state index is 0.206.